The molecular formula is C16H25N3O2. The third kappa shape index (κ3) is 5.55. The van der Waals surface area contributed by atoms with Gasteiger partial charge in [-0.15, -0.1) is 0 Å². The molecule has 0 aliphatic heterocycles. The van der Waals surface area contributed by atoms with Crippen molar-refractivity contribution in [1.29, 1.82) is 0 Å². The number of rotatable bonds is 7. The van der Waals surface area contributed by atoms with Gasteiger partial charge in [-0.2, -0.15) is 0 Å². The highest BCUT2D eigenvalue weighted by atomic mass is 16.2. The highest BCUT2D eigenvalue weighted by Gasteiger charge is 2.17. The fourth-order valence-electron chi connectivity index (χ4n) is 1.95. The fraction of sp³-hybridized carbons (Fsp3) is 0.500. The molecule has 0 radical (unpaired) electrons. The summed E-state index contributed by atoms with van der Waals surface area (Å²) in [5.41, 5.74) is 7.54. The van der Waals surface area contributed by atoms with E-state index in [1.54, 1.807) is 19.0 Å². The maximum absolute atomic E-state index is 12.3. The maximum atomic E-state index is 12.3. The van der Waals surface area contributed by atoms with Gasteiger partial charge in [0.05, 0.1) is 13.0 Å². The predicted octanol–water partition coefficient (Wildman–Crippen LogP) is 1.01. The Morgan fingerprint density at radius 2 is 1.62 bits per heavy atom. The van der Waals surface area contributed by atoms with Crippen molar-refractivity contribution in [3.63, 3.8) is 0 Å². The van der Waals surface area contributed by atoms with E-state index in [0.29, 0.717) is 19.5 Å². The lowest BCUT2D eigenvalue weighted by Gasteiger charge is -2.23. The normalized spacial score (nSPS) is 10.3. The van der Waals surface area contributed by atoms with E-state index in [0.717, 1.165) is 17.5 Å². The minimum atomic E-state index is -0.0599. The Balaban J connectivity index is 2.69. The van der Waals surface area contributed by atoms with Gasteiger partial charge in [0.1, 0.15) is 0 Å². The third-order valence-corrected chi connectivity index (χ3v) is 3.29. The minimum absolute atomic E-state index is 0.0208. The zero-order valence-corrected chi connectivity index (χ0v) is 13.1. The Morgan fingerprint density at radius 3 is 2.10 bits per heavy atom. The molecule has 0 aliphatic carbocycles. The average molecular weight is 291 g/mol. The Labute approximate surface area is 126 Å². The zero-order chi connectivity index (χ0) is 15.8. The summed E-state index contributed by atoms with van der Waals surface area (Å²) < 4.78 is 0. The lowest BCUT2D eigenvalue weighted by Crippen LogP contribution is -2.41. The van der Waals surface area contributed by atoms with Crippen molar-refractivity contribution >= 4 is 11.8 Å². The van der Waals surface area contributed by atoms with E-state index in [4.69, 9.17) is 5.73 Å². The summed E-state index contributed by atoms with van der Waals surface area (Å²) in [6.45, 7) is 3.23. The molecule has 0 atom stereocenters. The lowest BCUT2D eigenvalue weighted by molar-refractivity contribution is -0.138. The van der Waals surface area contributed by atoms with Gasteiger partial charge in [0.25, 0.3) is 0 Å². The van der Waals surface area contributed by atoms with Crippen molar-refractivity contribution in [2.24, 2.45) is 5.73 Å². The molecule has 1 aromatic rings. The molecule has 5 nitrogen and oxygen atoms in total. The van der Waals surface area contributed by atoms with E-state index >= 15 is 0 Å². The summed E-state index contributed by atoms with van der Waals surface area (Å²) in [7, 11) is 3.39. The molecule has 0 saturated heterocycles. The minimum Gasteiger partial charge on any atom is -0.347 e. The summed E-state index contributed by atoms with van der Waals surface area (Å²) >= 11 is 0. The SMILES string of the molecule is CCCN(CC(=O)N(C)C)C(=O)Cc1ccc(CN)cc1. The zero-order valence-electron chi connectivity index (χ0n) is 13.1. The average Bonchev–Trinajstić information content (AvgIpc) is 2.47. The number of nitrogens with zero attached hydrogens (tertiary/aromatic N) is 2. The number of likely N-dealkylation sites (N-methyl/N-ethyl adjacent to an activating group) is 1. The van der Waals surface area contributed by atoms with E-state index in [2.05, 4.69) is 0 Å². The van der Waals surface area contributed by atoms with E-state index in [-0.39, 0.29) is 18.4 Å². The molecule has 21 heavy (non-hydrogen) atoms. The van der Waals surface area contributed by atoms with Crippen molar-refractivity contribution in [1.82, 2.24) is 9.80 Å². The Kier molecular flexibility index (Phi) is 6.88. The molecule has 1 aromatic carbocycles. The van der Waals surface area contributed by atoms with Gasteiger partial charge in [-0.3, -0.25) is 9.59 Å². The van der Waals surface area contributed by atoms with Gasteiger partial charge in [0, 0.05) is 27.2 Å². The first-order valence-electron chi connectivity index (χ1n) is 7.23. The Hall–Kier alpha value is -1.88. The first-order chi connectivity index (χ1) is 9.97. The molecular weight excluding hydrogens is 266 g/mol. The third-order valence-electron chi connectivity index (χ3n) is 3.29. The lowest BCUT2D eigenvalue weighted by atomic mass is 10.1. The fourth-order valence-corrected chi connectivity index (χ4v) is 1.95. The van der Waals surface area contributed by atoms with Crippen molar-refractivity contribution in [2.75, 3.05) is 27.2 Å². The quantitative estimate of drug-likeness (QED) is 0.815. The van der Waals surface area contributed by atoms with Crippen LogP contribution in [0.1, 0.15) is 24.5 Å². The van der Waals surface area contributed by atoms with Gasteiger partial charge in [0.15, 0.2) is 0 Å². The van der Waals surface area contributed by atoms with Gasteiger partial charge < -0.3 is 15.5 Å². The highest BCUT2D eigenvalue weighted by Crippen LogP contribution is 2.07. The molecule has 0 heterocycles. The molecule has 0 unspecified atom stereocenters. The molecule has 0 fully saturated rings. The van der Waals surface area contributed by atoms with Crippen LogP contribution < -0.4 is 5.73 Å². The van der Waals surface area contributed by atoms with Crippen LogP contribution in [-0.2, 0) is 22.6 Å². The highest BCUT2D eigenvalue weighted by molar-refractivity contribution is 5.85. The number of nitrogens with two attached hydrogens (primary N) is 1. The Bertz CT molecular complexity index is 469. The molecule has 0 aliphatic rings. The largest absolute Gasteiger partial charge is 0.347 e. The summed E-state index contributed by atoms with van der Waals surface area (Å²) in [6.07, 6.45) is 1.14. The second kappa shape index (κ2) is 8.42. The van der Waals surface area contributed by atoms with Gasteiger partial charge in [0.2, 0.25) is 11.8 Å². The summed E-state index contributed by atoms with van der Waals surface area (Å²) in [4.78, 5) is 27.3. The Morgan fingerprint density at radius 1 is 1.05 bits per heavy atom. The number of hydrogen-bond acceptors (Lipinski definition) is 3. The molecule has 116 valence electrons. The van der Waals surface area contributed by atoms with Crippen LogP contribution in [0, 0.1) is 0 Å². The molecule has 0 bridgehead atoms. The topological polar surface area (TPSA) is 66.6 Å². The van der Waals surface area contributed by atoms with Gasteiger partial charge in [-0.25, -0.2) is 0 Å². The van der Waals surface area contributed by atoms with E-state index < -0.39 is 0 Å². The number of benzene rings is 1. The second-order valence-electron chi connectivity index (χ2n) is 5.30. The monoisotopic (exact) mass is 291 g/mol. The van der Waals surface area contributed by atoms with Gasteiger partial charge in [-0.1, -0.05) is 31.2 Å². The van der Waals surface area contributed by atoms with E-state index in [1.165, 1.54) is 4.90 Å². The smallest absolute Gasteiger partial charge is 0.241 e. The van der Waals surface area contributed by atoms with Crippen LogP contribution in [0.2, 0.25) is 0 Å². The molecule has 5 heteroatoms. The van der Waals surface area contributed by atoms with E-state index in [9.17, 15) is 9.59 Å². The molecule has 0 spiro atoms. The van der Waals surface area contributed by atoms with Crippen LogP contribution in [-0.4, -0.2) is 48.8 Å². The summed E-state index contributed by atoms with van der Waals surface area (Å²) in [6, 6.07) is 7.69. The van der Waals surface area contributed by atoms with Crippen molar-refractivity contribution in [3.05, 3.63) is 35.4 Å². The van der Waals surface area contributed by atoms with E-state index in [1.807, 2.05) is 31.2 Å². The van der Waals surface area contributed by atoms with Crippen LogP contribution >= 0.6 is 0 Å². The number of carbonyl (C=O) groups is 2. The standard InChI is InChI=1S/C16H25N3O2/c1-4-9-19(12-16(21)18(2)3)15(20)10-13-5-7-14(11-17)8-6-13/h5-8H,4,9-12,17H2,1-3H3. The summed E-state index contributed by atoms with van der Waals surface area (Å²) in [5, 5.41) is 0. The number of amides is 2. The van der Waals surface area contributed by atoms with Crippen LogP contribution in [0.25, 0.3) is 0 Å². The van der Waals surface area contributed by atoms with Crippen LogP contribution in [0.3, 0.4) is 0 Å². The van der Waals surface area contributed by atoms with Crippen LogP contribution in [0.5, 0.6) is 0 Å². The number of carbonyl (C=O) groups excluding carboxylic acids is 2. The van der Waals surface area contributed by atoms with Crippen LogP contribution in [0.15, 0.2) is 24.3 Å². The predicted molar refractivity (Wildman–Crippen MR) is 83.6 cm³/mol. The van der Waals surface area contributed by atoms with Gasteiger partial charge in [-0.05, 0) is 17.5 Å². The first-order valence-corrected chi connectivity index (χ1v) is 7.23. The van der Waals surface area contributed by atoms with Crippen molar-refractivity contribution in [3.8, 4) is 0 Å². The van der Waals surface area contributed by atoms with Crippen molar-refractivity contribution < 1.29 is 9.59 Å². The molecule has 1 rings (SSSR count). The first kappa shape index (κ1) is 17.2. The van der Waals surface area contributed by atoms with Gasteiger partial charge >= 0.3 is 0 Å². The molecule has 2 amide bonds. The maximum Gasteiger partial charge on any atom is 0.241 e. The molecule has 0 saturated carbocycles. The second-order valence-corrected chi connectivity index (χ2v) is 5.30. The summed E-state index contributed by atoms with van der Waals surface area (Å²) in [5.74, 6) is -0.0807. The van der Waals surface area contributed by atoms with Crippen LogP contribution in [0.4, 0.5) is 0 Å². The molecule has 0 aromatic heterocycles. The van der Waals surface area contributed by atoms with Crippen molar-refractivity contribution in [2.45, 2.75) is 26.3 Å². The number of hydrogen-bond donors (Lipinski definition) is 1. The molecule has 2 N–H and O–H groups in total.